The molecule has 0 bridgehead atoms. The number of nitrogens with two attached hydrogens (primary N) is 1. The van der Waals surface area contributed by atoms with Crippen molar-refractivity contribution in [3.05, 3.63) is 29.8 Å². The largest absolute Gasteiger partial charge is 0.497 e. The number of amides is 1. The minimum Gasteiger partial charge on any atom is -0.497 e. The predicted molar refractivity (Wildman–Crippen MR) is 66.1 cm³/mol. The molecular weight excluding hydrogens is 216 g/mol. The molecule has 1 fully saturated rings. The van der Waals surface area contributed by atoms with E-state index in [1.165, 1.54) is 0 Å². The molecule has 0 unspecified atom stereocenters. The quantitative estimate of drug-likeness (QED) is 0.838. The van der Waals surface area contributed by atoms with E-state index in [0.29, 0.717) is 12.1 Å². The number of nitrogens with zero attached hydrogens (tertiary/aromatic N) is 1. The summed E-state index contributed by atoms with van der Waals surface area (Å²) in [6.07, 6.45) is 2.00. The van der Waals surface area contributed by atoms with Crippen LogP contribution in [0.3, 0.4) is 0 Å². The molecule has 0 aliphatic carbocycles. The number of benzene rings is 1. The number of rotatable bonds is 2. The number of hydrogen-bond donors (Lipinski definition) is 1. The van der Waals surface area contributed by atoms with Crippen molar-refractivity contribution in [3.63, 3.8) is 0 Å². The first-order valence-corrected chi connectivity index (χ1v) is 5.89. The van der Waals surface area contributed by atoms with Gasteiger partial charge >= 0.3 is 0 Å². The Morgan fingerprint density at radius 2 is 2.12 bits per heavy atom. The van der Waals surface area contributed by atoms with Crippen molar-refractivity contribution in [1.82, 2.24) is 4.90 Å². The zero-order valence-electron chi connectivity index (χ0n) is 10.1. The Hall–Kier alpha value is -1.55. The molecule has 0 radical (unpaired) electrons. The fourth-order valence-electron chi connectivity index (χ4n) is 2.11. The van der Waals surface area contributed by atoms with Gasteiger partial charge < -0.3 is 15.4 Å². The number of ether oxygens (including phenoxy) is 1. The first-order valence-electron chi connectivity index (χ1n) is 5.89. The summed E-state index contributed by atoms with van der Waals surface area (Å²) in [6, 6.07) is 7.31. The number of likely N-dealkylation sites (tertiary alicyclic amines) is 1. The van der Waals surface area contributed by atoms with Crippen LogP contribution in [0.1, 0.15) is 23.2 Å². The van der Waals surface area contributed by atoms with Crippen molar-refractivity contribution in [3.8, 4) is 5.75 Å². The van der Waals surface area contributed by atoms with E-state index in [1.54, 1.807) is 31.4 Å². The lowest BCUT2D eigenvalue weighted by atomic mass is 10.1. The second-order valence-electron chi connectivity index (χ2n) is 4.38. The van der Waals surface area contributed by atoms with Crippen LogP contribution in [0.15, 0.2) is 24.3 Å². The lowest BCUT2D eigenvalue weighted by Crippen LogP contribution is -2.45. The molecule has 1 saturated heterocycles. The van der Waals surface area contributed by atoms with Gasteiger partial charge in [0.15, 0.2) is 0 Å². The van der Waals surface area contributed by atoms with Crippen LogP contribution in [-0.4, -0.2) is 37.0 Å². The summed E-state index contributed by atoms with van der Waals surface area (Å²) in [5.74, 6) is 0.819. The molecule has 0 saturated carbocycles. The van der Waals surface area contributed by atoms with E-state index in [9.17, 15) is 4.79 Å². The lowest BCUT2D eigenvalue weighted by Gasteiger charge is -2.30. The maximum atomic E-state index is 12.2. The number of carbonyl (C=O) groups is 1. The molecule has 4 heteroatoms. The summed E-state index contributed by atoms with van der Waals surface area (Å²) in [6.45, 7) is 1.46. The normalized spacial score (nSPS) is 20.1. The Balaban J connectivity index is 2.07. The van der Waals surface area contributed by atoms with Gasteiger partial charge in [0, 0.05) is 24.7 Å². The minimum absolute atomic E-state index is 0.0582. The van der Waals surface area contributed by atoms with Crippen LogP contribution in [0, 0.1) is 0 Å². The van der Waals surface area contributed by atoms with E-state index < -0.39 is 0 Å². The molecule has 1 atom stereocenters. The van der Waals surface area contributed by atoms with E-state index >= 15 is 0 Å². The van der Waals surface area contributed by atoms with Gasteiger partial charge in [0.05, 0.1) is 7.11 Å². The molecule has 0 spiro atoms. The topological polar surface area (TPSA) is 55.6 Å². The molecule has 4 nitrogen and oxygen atoms in total. The number of piperidine rings is 1. The van der Waals surface area contributed by atoms with Gasteiger partial charge in [-0.3, -0.25) is 4.79 Å². The zero-order chi connectivity index (χ0) is 12.3. The average Bonchev–Trinajstić information content (AvgIpc) is 2.38. The Labute approximate surface area is 101 Å². The van der Waals surface area contributed by atoms with Crippen molar-refractivity contribution < 1.29 is 9.53 Å². The number of hydrogen-bond acceptors (Lipinski definition) is 3. The number of methoxy groups -OCH3 is 1. The molecule has 17 heavy (non-hydrogen) atoms. The highest BCUT2D eigenvalue weighted by Crippen LogP contribution is 2.15. The summed E-state index contributed by atoms with van der Waals surface area (Å²) >= 11 is 0. The molecule has 1 heterocycles. The molecule has 1 aliphatic rings. The fraction of sp³-hybridized carbons (Fsp3) is 0.462. The average molecular weight is 234 g/mol. The van der Waals surface area contributed by atoms with E-state index in [2.05, 4.69) is 0 Å². The smallest absolute Gasteiger partial charge is 0.253 e. The minimum atomic E-state index is 0.0582. The summed E-state index contributed by atoms with van der Waals surface area (Å²) in [5.41, 5.74) is 6.57. The SMILES string of the molecule is COc1ccc(C(=O)N2CCC[C@H](N)C2)cc1. The summed E-state index contributed by atoms with van der Waals surface area (Å²) in [5, 5.41) is 0. The van der Waals surface area contributed by atoms with Crippen LogP contribution < -0.4 is 10.5 Å². The highest BCUT2D eigenvalue weighted by Gasteiger charge is 2.22. The van der Waals surface area contributed by atoms with E-state index in [1.807, 2.05) is 4.90 Å². The van der Waals surface area contributed by atoms with Crippen LogP contribution in [0.5, 0.6) is 5.75 Å². The second-order valence-corrected chi connectivity index (χ2v) is 4.38. The monoisotopic (exact) mass is 234 g/mol. The van der Waals surface area contributed by atoms with Gasteiger partial charge in [-0.05, 0) is 37.1 Å². The van der Waals surface area contributed by atoms with E-state index in [0.717, 1.165) is 25.1 Å². The van der Waals surface area contributed by atoms with Crippen LogP contribution >= 0.6 is 0 Å². The van der Waals surface area contributed by atoms with Crippen molar-refractivity contribution in [1.29, 1.82) is 0 Å². The van der Waals surface area contributed by atoms with Crippen LogP contribution in [-0.2, 0) is 0 Å². The first-order chi connectivity index (χ1) is 8.20. The third kappa shape index (κ3) is 2.77. The maximum Gasteiger partial charge on any atom is 0.253 e. The van der Waals surface area contributed by atoms with Crippen molar-refractivity contribution in [2.45, 2.75) is 18.9 Å². The van der Waals surface area contributed by atoms with Gasteiger partial charge in [-0.25, -0.2) is 0 Å². The maximum absolute atomic E-state index is 12.2. The third-order valence-electron chi connectivity index (χ3n) is 3.08. The molecular formula is C13H18N2O2. The highest BCUT2D eigenvalue weighted by atomic mass is 16.5. The standard InChI is InChI=1S/C13H18N2O2/c1-17-12-6-4-10(5-7-12)13(16)15-8-2-3-11(14)9-15/h4-7,11H,2-3,8-9,14H2,1H3/t11-/m0/s1. The van der Waals surface area contributed by atoms with Crippen LogP contribution in [0.4, 0.5) is 0 Å². The molecule has 2 rings (SSSR count). The van der Waals surface area contributed by atoms with Crippen molar-refractivity contribution >= 4 is 5.91 Å². The number of carbonyl (C=O) groups excluding carboxylic acids is 1. The van der Waals surface area contributed by atoms with Crippen molar-refractivity contribution in [2.75, 3.05) is 20.2 Å². The van der Waals surface area contributed by atoms with Gasteiger partial charge in [-0.15, -0.1) is 0 Å². The molecule has 2 N–H and O–H groups in total. The molecule has 1 aromatic carbocycles. The van der Waals surface area contributed by atoms with Crippen molar-refractivity contribution in [2.24, 2.45) is 5.73 Å². The first kappa shape index (κ1) is 11.9. The Kier molecular flexibility index (Phi) is 3.64. The van der Waals surface area contributed by atoms with Gasteiger partial charge in [0.25, 0.3) is 5.91 Å². The Bertz CT molecular complexity index is 389. The second kappa shape index (κ2) is 5.19. The Morgan fingerprint density at radius 1 is 1.41 bits per heavy atom. The molecule has 0 aromatic heterocycles. The molecule has 1 amide bonds. The summed E-state index contributed by atoms with van der Waals surface area (Å²) in [7, 11) is 1.61. The van der Waals surface area contributed by atoms with Gasteiger partial charge in [-0.1, -0.05) is 0 Å². The highest BCUT2D eigenvalue weighted by molar-refractivity contribution is 5.94. The third-order valence-corrected chi connectivity index (χ3v) is 3.08. The van der Waals surface area contributed by atoms with E-state index in [4.69, 9.17) is 10.5 Å². The van der Waals surface area contributed by atoms with Gasteiger partial charge in [-0.2, -0.15) is 0 Å². The lowest BCUT2D eigenvalue weighted by molar-refractivity contribution is 0.0709. The van der Waals surface area contributed by atoms with E-state index in [-0.39, 0.29) is 11.9 Å². The molecule has 1 aliphatic heterocycles. The fourth-order valence-corrected chi connectivity index (χ4v) is 2.11. The Morgan fingerprint density at radius 3 is 2.71 bits per heavy atom. The zero-order valence-corrected chi connectivity index (χ0v) is 10.1. The predicted octanol–water partition coefficient (Wildman–Crippen LogP) is 1.26. The van der Waals surface area contributed by atoms with Gasteiger partial charge in [0.2, 0.25) is 0 Å². The molecule has 1 aromatic rings. The van der Waals surface area contributed by atoms with Gasteiger partial charge in [0.1, 0.15) is 5.75 Å². The summed E-state index contributed by atoms with van der Waals surface area (Å²) in [4.78, 5) is 14.0. The van der Waals surface area contributed by atoms with Crippen LogP contribution in [0.2, 0.25) is 0 Å². The van der Waals surface area contributed by atoms with Crippen LogP contribution in [0.25, 0.3) is 0 Å². The molecule has 92 valence electrons. The summed E-state index contributed by atoms with van der Waals surface area (Å²) < 4.78 is 5.07.